The number of fused-ring (bicyclic) bond motifs is 1. The highest BCUT2D eigenvalue weighted by atomic mass is 16.7. The van der Waals surface area contributed by atoms with Crippen molar-refractivity contribution in [3.05, 3.63) is 41.5 Å². The van der Waals surface area contributed by atoms with Crippen LogP contribution < -0.4 is 23.7 Å². The van der Waals surface area contributed by atoms with E-state index in [4.69, 9.17) is 33.2 Å². The van der Waals surface area contributed by atoms with Crippen LogP contribution in [0.5, 0.6) is 28.7 Å². The minimum atomic E-state index is -1.43. The van der Waals surface area contributed by atoms with Gasteiger partial charge in [-0.2, -0.15) is 0 Å². The zero-order chi connectivity index (χ0) is 22.4. The van der Waals surface area contributed by atoms with E-state index in [1.165, 1.54) is 7.11 Å². The first-order valence-electron chi connectivity index (χ1n) is 9.98. The van der Waals surface area contributed by atoms with Gasteiger partial charge < -0.3 is 38.3 Å². The smallest absolute Gasteiger partial charge is 0.231 e. The molecule has 0 aromatic heterocycles. The summed E-state index contributed by atoms with van der Waals surface area (Å²) in [6.45, 7) is 3.78. The summed E-state index contributed by atoms with van der Waals surface area (Å²) < 4.78 is 39.7. The SMILES string of the molecule is COc1cc([C@H]2O[C@](OC)(c3ccc4c(c3)OCO4)[C@@](C)(O)[C@@H]2C)cc(OC)c1OC. The maximum Gasteiger partial charge on any atom is 0.231 e. The van der Waals surface area contributed by atoms with Gasteiger partial charge in [0, 0.05) is 18.6 Å². The fourth-order valence-corrected chi connectivity index (χ4v) is 4.45. The summed E-state index contributed by atoms with van der Waals surface area (Å²) in [6.07, 6.45) is -0.519. The molecule has 2 aliphatic heterocycles. The highest BCUT2D eigenvalue weighted by Crippen LogP contribution is 2.57. The molecule has 2 aliphatic rings. The molecule has 0 saturated carbocycles. The summed E-state index contributed by atoms with van der Waals surface area (Å²) >= 11 is 0. The van der Waals surface area contributed by atoms with Crippen LogP contribution >= 0.6 is 0 Å². The van der Waals surface area contributed by atoms with Gasteiger partial charge in [0.15, 0.2) is 23.0 Å². The van der Waals surface area contributed by atoms with Gasteiger partial charge in [-0.3, -0.25) is 0 Å². The molecule has 0 aliphatic carbocycles. The lowest BCUT2D eigenvalue weighted by Crippen LogP contribution is -2.50. The van der Waals surface area contributed by atoms with E-state index < -0.39 is 17.5 Å². The number of hydrogen-bond acceptors (Lipinski definition) is 8. The molecular weight excluding hydrogens is 404 g/mol. The van der Waals surface area contributed by atoms with Crippen LogP contribution in [-0.4, -0.2) is 45.9 Å². The summed E-state index contributed by atoms with van der Waals surface area (Å²) in [7, 11) is 6.18. The second kappa shape index (κ2) is 7.78. The molecule has 0 amide bonds. The highest BCUT2D eigenvalue weighted by molar-refractivity contribution is 5.55. The quantitative estimate of drug-likeness (QED) is 0.744. The van der Waals surface area contributed by atoms with Crippen molar-refractivity contribution in [2.75, 3.05) is 35.2 Å². The van der Waals surface area contributed by atoms with Gasteiger partial charge in [0.25, 0.3) is 0 Å². The molecule has 31 heavy (non-hydrogen) atoms. The van der Waals surface area contributed by atoms with Crippen LogP contribution in [0.3, 0.4) is 0 Å². The van der Waals surface area contributed by atoms with Crippen molar-refractivity contribution in [1.29, 1.82) is 0 Å². The van der Waals surface area contributed by atoms with Crippen molar-refractivity contribution < 1.29 is 38.3 Å². The third-order valence-corrected chi connectivity index (χ3v) is 6.36. The Balaban J connectivity index is 1.81. The molecule has 4 rings (SSSR count). The maximum absolute atomic E-state index is 11.7. The van der Waals surface area contributed by atoms with E-state index in [1.807, 2.05) is 25.1 Å². The molecule has 2 heterocycles. The lowest BCUT2D eigenvalue weighted by Gasteiger charge is -2.38. The van der Waals surface area contributed by atoms with Crippen molar-refractivity contribution in [3.8, 4) is 28.7 Å². The topological polar surface area (TPSA) is 84.8 Å². The predicted molar refractivity (Wildman–Crippen MR) is 111 cm³/mol. The minimum Gasteiger partial charge on any atom is -0.493 e. The third kappa shape index (κ3) is 3.09. The molecule has 0 radical (unpaired) electrons. The van der Waals surface area contributed by atoms with Crippen molar-refractivity contribution in [1.82, 2.24) is 0 Å². The molecule has 2 aromatic carbocycles. The molecule has 0 bridgehead atoms. The second-order valence-electron chi connectivity index (χ2n) is 7.82. The molecule has 168 valence electrons. The lowest BCUT2D eigenvalue weighted by atomic mass is 9.79. The van der Waals surface area contributed by atoms with Crippen molar-refractivity contribution >= 4 is 0 Å². The fourth-order valence-electron chi connectivity index (χ4n) is 4.45. The van der Waals surface area contributed by atoms with Gasteiger partial charge in [0.1, 0.15) is 5.60 Å². The molecule has 1 N–H and O–H groups in total. The van der Waals surface area contributed by atoms with Gasteiger partial charge in [-0.1, -0.05) is 6.92 Å². The summed E-state index contributed by atoms with van der Waals surface area (Å²) in [5.41, 5.74) is 0.0218. The van der Waals surface area contributed by atoms with Gasteiger partial charge in [-0.05, 0) is 42.8 Å². The molecular formula is C23H28O8. The van der Waals surface area contributed by atoms with Crippen LogP contribution in [-0.2, 0) is 15.3 Å². The Kier molecular flexibility index (Phi) is 5.41. The zero-order valence-electron chi connectivity index (χ0n) is 18.6. The minimum absolute atomic E-state index is 0.153. The number of ether oxygens (including phenoxy) is 7. The molecule has 8 nitrogen and oxygen atoms in total. The van der Waals surface area contributed by atoms with E-state index >= 15 is 0 Å². The van der Waals surface area contributed by atoms with Crippen molar-refractivity contribution in [2.24, 2.45) is 5.92 Å². The maximum atomic E-state index is 11.7. The van der Waals surface area contributed by atoms with Crippen molar-refractivity contribution in [2.45, 2.75) is 31.3 Å². The summed E-state index contributed by atoms with van der Waals surface area (Å²) in [6, 6.07) is 9.03. The van der Waals surface area contributed by atoms with E-state index in [0.29, 0.717) is 34.3 Å². The molecule has 0 unspecified atom stereocenters. The highest BCUT2D eigenvalue weighted by Gasteiger charge is 2.63. The molecule has 2 aromatic rings. The largest absolute Gasteiger partial charge is 0.493 e. The van der Waals surface area contributed by atoms with Crippen molar-refractivity contribution in [3.63, 3.8) is 0 Å². The first kappa shape index (κ1) is 21.5. The molecule has 1 saturated heterocycles. The number of aliphatic hydroxyl groups is 1. The molecule has 8 heteroatoms. The van der Waals surface area contributed by atoms with Gasteiger partial charge in [-0.15, -0.1) is 0 Å². The first-order chi connectivity index (χ1) is 14.8. The van der Waals surface area contributed by atoms with Crippen LogP contribution in [0.15, 0.2) is 30.3 Å². The van der Waals surface area contributed by atoms with Crippen LogP contribution in [0.1, 0.15) is 31.1 Å². The Bertz CT molecular complexity index is 947. The Labute approximate surface area is 181 Å². The predicted octanol–water partition coefficient (Wildman–Crippen LogP) is 3.40. The van der Waals surface area contributed by atoms with E-state index in [-0.39, 0.29) is 12.7 Å². The van der Waals surface area contributed by atoms with Crippen LogP contribution in [0.25, 0.3) is 0 Å². The van der Waals surface area contributed by atoms with Crippen LogP contribution in [0.4, 0.5) is 0 Å². The lowest BCUT2D eigenvalue weighted by molar-refractivity contribution is -0.286. The van der Waals surface area contributed by atoms with E-state index in [0.717, 1.165) is 5.56 Å². The standard InChI is InChI=1S/C23H28O8/c1-13-20(14-9-18(25-3)21(27-5)19(10-14)26-4)31-23(28-6,22(13,2)24)15-7-8-16-17(11-15)30-12-29-16/h7-11,13,20,24H,12H2,1-6H3/t13-,20+,22+,23-/m1/s1. The van der Waals surface area contributed by atoms with E-state index in [1.54, 1.807) is 40.4 Å². The Morgan fingerprint density at radius 2 is 1.58 bits per heavy atom. The fraction of sp³-hybridized carbons (Fsp3) is 0.478. The van der Waals surface area contributed by atoms with Gasteiger partial charge in [0.05, 0.1) is 27.4 Å². The normalized spacial score (nSPS) is 29.1. The summed E-state index contributed by atoms with van der Waals surface area (Å²) in [5.74, 6) is 0.939. The molecule has 0 spiro atoms. The summed E-state index contributed by atoms with van der Waals surface area (Å²) in [5, 5.41) is 11.7. The third-order valence-electron chi connectivity index (χ3n) is 6.36. The number of hydrogen-bond donors (Lipinski definition) is 1. The van der Waals surface area contributed by atoms with E-state index in [9.17, 15) is 5.11 Å². The zero-order valence-corrected chi connectivity index (χ0v) is 18.6. The van der Waals surface area contributed by atoms with Gasteiger partial charge >= 0.3 is 0 Å². The summed E-state index contributed by atoms with van der Waals surface area (Å²) in [4.78, 5) is 0. The average molecular weight is 432 g/mol. The number of rotatable bonds is 6. The monoisotopic (exact) mass is 432 g/mol. The van der Waals surface area contributed by atoms with Gasteiger partial charge in [0.2, 0.25) is 18.3 Å². The van der Waals surface area contributed by atoms with E-state index in [2.05, 4.69) is 0 Å². The van der Waals surface area contributed by atoms with Crippen LogP contribution in [0.2, 0.25) is 0 Å². The Morgan fingerprint density at radius 1 is 0.935 bits per heavy atom. The molecule has 1 fully saturated rings. The average Bonchev–Trinajstić information content (AvgIpc) is 3.33. The Hall–Kier alpha value is -2.68. The van der Waals surface area contributed by atoms with Crippen LogP contribution in [0, 0.1) is 5.92 Å². The second-order valence-corrected chi connectivity index (χ2v) is 7.82. The van der Waals surface area contributed by atoms with Gasteiger partial charge in [-0.25, -0.2) is 0 Å². The first-order valence-corrected chi connectivity index (χ1v) is 9.98. The Morgan fingerprint density at radius 3 is 2.16 bits per heavy atom. The number of methoxy groups -OCH3 is 4. The molecule has 4 atom stereocenters. The number of benzene rings is 2.